The van der Waals surface area contributed by atoms with E-state index in [0.717, 1.165) is 0 Å². The van der Waals surface area contributed by atoms with E-state index in [1.165, 1.54) is 7.11 Å². The third kappa shape index (κ3) is 5.96. The molecule has 0 aromatic rings. The summed E-state index contributed by atoms with van der Waals surface area (Å²) < 4.78 is 39.2. The van der Waals surface area contributed by atoms with Gasteiger partial charge in [0.05, 0.1) is 7.11 Å². The number of methoxy groups -OCH3 is 1. The number of alkyl halides is 6. The minimum absolute atomic E-state index is 0.0658. The van der Waals surface area contributed by atoms with E-state index >= 15 is 0 Å². The lowest BCUT2D eigenvalue weighted by atomic mass is 9.82. The van der Waals surface area contributed by atoms with Crippen LogP contribution in [0.2, 0.25) is 0 Å². The molecule has 0 aliphatic carbocycles. The number of carbonyl (C=O) groups excluding carboxylic acids is 1. The van der Waals surface area contributed by atoms with Crippen molar-refractivity contribution in [3.8, 4) is 0 Å². The van der Waals surface area contributed by atoms with Crippen LogP contribution in [0.4, 0.5) is 13.2 Å². The Balaban J connectivity index is 4.63. The molecule has 0 rings (SSSR count). The lowest BCUT2D eigenvalue weighted by Crippen LogP contribution is -2.40. The first-order valence-electron chi connectivity index (χ1n) is 5.49. The van der Waals surface area contributed by atoms with Crippen molar-refractivity contribution in [1.29, 1.82) is 0 Å². The molecule has 1 atom stereocenters. The molecule has 0 aliphatic rings. The largest absolute Gasteiger partial charge is 0.469 e. The highest BCUT2D eigenvalue weighted by Gasteiger charge is 2.54. The van der Waals surface area contributed by atoms with Crippen LogP contribution in [-0.4, -0.2) is 29.0 Å². The maximum atomic E-state index is 12.6. The summed E-state index contributed by atoms with van der Waals surface area (Å²) in [5.74, 6) is -0.448. The van der Waals surface area contributed by atoms with Gasteiger partial charge in [0.2, 0.25) is 4.33 Å². The van der Waals surface area contributed by atoms with E-state index in [4.69, 9.17) is 34.8 Å². The lowest BCUT2D eigenvalue weighted by Gasteiger charge is -2.34. The predicted molar refractivity (Wildman–Crippen MR) is 69.8 cm³/mol. The number of hydrogen-bond donors (Lipinski definition) is 0. The fourth-order valence-corrected chi connectivity index (χ4v) is 2.11. The summed E-state index contributed by atoms with van der Waals surface area (Å²) in [7, 11) is 1.24. The van der Waals surface area contributed by atoms with E-state index in [2.05, 4.69) is 4.74 Å². The summed E-state index contributed by atoms with van der Waals surface area (Å²) in [4.78, 5) is 11.0. The number of halogens is 6. The molecular formula is C11H16Cl3F3O2. The molecule has 0 aromatic carbocycles. The van der Waals surface area contributed by atoms with Crippen LogP contribution in [0.15, 0.2) is 0 Å². The van der Waals surface area contributed by atoms with Gasteiger partial charge in [0.1, 0.15) is 0 Å². The molecule has 2 nitrogen and oxygen atoms in total. The standard InChI is InChI=1S/C11H16Cl3F3O2/c1-9(2,5-4-8(18)19-3)7(12)6-10(13,14)11(15,16)17/h7H,4-6H2,1-3H3. The van der Waals surface area contributed by atoms with Crippen LogP contribution in [-0.2, 0) is 9.53 Å². The molecule has 0 heterocycles. The van der Waals surface area contributed by atoms with E-state index in [1.807, 2.05) is 0 Å². The third-order valence-electron chi connectivity index (χ3n) is 2.90. The van der Waals surface area contributed by atoms with Gasteiger partial charge < -0.3 is 4.74 Å². The first kappa shape index (κ1) is 19.1. The second-order valence-electron chi connectivity index (χ2n) is 4.94. The van der Waals surface area contributed by atoms with Crippen LogP contribution >= 0.6 is 34.8 Å². The highest BCUT2D eigenvalue weighted by Crippen LogP contribution is 2.47. The molecule has 0 fully saturated rings. The van der Waals surface area contributed by atoms with Crippen molar-refractivity contribution in [3.63, 3.8) is 0 Å². The summed E-state index contributed by atoms with van der Waals surface area (Å²) in [6.45, 7) is 3.29. The zero-order chi connectivity index (χ0) is 15.5. The second-order valence-corrected chi connectivity index (χ2v) is 6.95. The van der Waals surface area contributed by atoms with E-state index in [-0.39, 0.29) is 12.8 Å². The van der Waals surface area contributed by atoms with Crippen LogP contribution in [0, 0.1) is 5.41 Å². The maximum absolute atomic E-state index is 12.6. The van der Waals surface area contributed by atoms with Gasteiger partial charge in [-0.05, 0) is 11.8 Å². The Morgan fingerprint density at radius 3 is 2.11 bits per heavy atom. The first-order valence-corrected chi connectivity index (χ1v) is 6.68. The van der Waals surface area contributed by atoms with Crippen molar-refractivity contribution in [2.24, 2.45) is 5.41 Å². The minimum Gasteiger partial charge on any atom is -0.469 e. The number of ether oxygens (including phenoxy) is 1. The van der Waals surface area contributed by atoms with Gasteiger partial charge in [-0.1, -0.05) is 37.0 Å². The number of carbonyl (C=O) groups is 1. The average Bonchev–Trinajstić information content (AvgIpc) is 2.23. The fraction of sp³-hybridized carbons (Fsp3) is 0.909. The van der Waals surface area contributed by atoms with Crippen LogP contribution < -0.4 is 0 Å². The van der Waals surface area contributed by atoms with Crippen LogP contribution in [0.25, 0.3) is 0 Å². The topological polar surface area (TPSA) is 26.3 Å². The Morgan fingerprint density at radius 1 is 1.26 bits per heavy atom. The Labute approximate surface area is 125 Å². The Hall–Kier alpha value is 0.130. The van der Waals surface area contributed by atoms with Crippen molar-refractivity contribution in [2.45, 2.75) is 49.0 Å². The molecular weight excluding hydrogens is 327 g/mol. The van der Waals surface area contributed by atoms with Crippen LogP contribution in [0.1, 0.15) is 33.1 Å². The lowest BCUT2D eigenvalue weighted by molar-refractivity contribution is -0.145. The molecule has 0 aliphatic heterocycles. The van der Waals surface area contributed by atoms with Crippen molar-refractivity contribution in [3.05, 3.63) is 0 Å². The Bertz CT molecular complexity index is 317. The van der Waals surface area contributed by atoms with E-state index < -0.39 is 33.7 Å². The Morgan fingerprint density at radius 2 is 1.74 bits per heavy atom. The van der Waals surface area contributed by atoms with Crippen LogP contribution in [0.5, 0.6) is 0 Å². The van der Waals surface area contributed by atoms with Crippen molar-refractivity contribution >= 4 is 40.8 Å². The summed E-state index contributed by atoms with van der Waals surface area (Å²) >= 11 is 16.5. The molecule has 0 N–H and O–H groups in total. The monoisotopic (exact) mass is 342 g/mol. The minimum atomic E-state index is -4.76. The molecule has 0 saturated heterocycles. The van der Waals surface area contributed by atoms with E-state index in [1.54, 1.807) is 13.8 Å². The van der Waals surface area contributed by atoms with Crippen molar-refractivity contribution < 1.29 is 22.7 Å². The zero-order valence-corrected chi connectivity index (χ0v) is 13.1. The molecule has 0 radical (unpaired) electrons. The fourth-order valence-electron chi connectivity index (χ4n) is 1.30. The Kier molecular flexibility index (Phi) is 6.77. The number of rotatable bonds is 6. The average molecular weight is 344 g/mol. The highest BCUT2D eigenvalue weighted by atomic mass is 35.5. The van der Waals surface area contributed by atoms with Gasteiger partial charge >= 0.3 is 12.1 Å². The summed E-state index contributed by atoms with van der Waals surface area (Å²) in [6.07, 6.45) is -5.08. The van der Waals surface area contributed by atoms with Gasteiger partial charge in [0.15, 0.2) is 0 Å². The van der Waals surface area contributed by atoms with Gasteiger partial charge in [-0.25, -0.2) is 0 Å². The smallest absolute Gasteiger partial charge is 0.421 e. The summed E-state index contributed by atoms with van der Waals surface area (Å²) in [6, 6.07) is 0. The van der Waals surface area contributed by atoms with Gasteiger partial charge in [0, 0.05) is 18.2 Å². The van der Waals surface area contributed by atoms with Crippen molar-refractivity contribution in [2.75, 3.05) is 7.11 Å². The number of esters is 1. The van der Waals surface area contributed by atoms with Crippen LogP contribution in [0.3, 0.4) is 0 Å². The summed E-state index contributed by atoms with van der Waals surface area (Å²) in [5.41, 5.74) is -0.740. The molecule has 8 heteroatoms. The normalized spacial score (nSPS) is 15.2. The first-order chi connectivity index (χ1) is 8.33. The van der Waals surface area contributed by atoms with E-state index in [9.17, 15) is 18.0 Å². The van der Waals surface area contributed by atoms with E-state index in [0.29, 0.717) is 0 Å². The molecule has 0 spiro atoms. The molecule has 0 aromatic heterocycles. The van der Waals surface area contributed by atoms with Gasteiger partial charge in [-0.3, -0.25) is 4.79 Å². The third-order valence-corrected chi connectivity index (χ3v) is 4.38. The number of hydrogen-bond acceptors (Lipinski definition) is 2. The molecule has 0 saturated carbocycles. The molecule has 114 valence electrons. The van der Waals surface area contributed by atoms with Gasteiger partial charge in [0.25, 0.3) is 0 Å². The van der Waals surface area contributed by atoms with Gasteiger partial charge in [-0.15, -0.1) is 11.6 Å². The van der Waals surface area contributed by atoms with Gasteiger partial charge in [-0.2, -0.15) is 13.2 Å². The molecule has 0 bridgehead atoms. The highest BCUT2D eigenvalue weighted by molar-refractivity contribution is 6.49. The quantitative estimate of drug-likeness (QED) is 0.516. The maximum Gasteiger partial charge on any atom is 0.421 e. The second kappa shape index (κ2) is 6.72. The summed E-state index contributed by atoms with van der Waals surface area (Å²) in [5, 5.41) is -0.936. The zero-order valence-electron chi connectivity index (χ0n) is 10.8. The SMILES string of the molecule is COC(=O)CCC(C)(C)C(Cl)CC(Cl)(Cl)C(F)(F)F. The molecule has 0 amide bonds. The molecule has 19 heavy (non-hydrogen) atoms. The van der Waals surface area contributed by atoms with Crippen molar-refractivity contribution in [1.82, 2.24) is 0 Å². The predicted octanol–water partition coefficient (Wildman–Crippen LogP) is 4.70. The molecule has 1 unspecified atom stereocenters.